The Morgan fingerprint density at radius 2 is 1.85 bits per heavy atom. The van der Waals surface area contributed by atoms with Gasteiger partial charge in [-0.1, -0.05) is 6.07 Å². The van der Waals surface area contributed by atoms with Crippen molar-refractivity contribution in [2.75, 3.05) is 25.5 Å². The molecule has 0 bridgehead atoms. The second-order valence-corrected chi connectivity index (χ2v) is 11.0. The maximum absolute atomic E-state index is 15.5. The first-order valence-electron chi connectivity index (χ1n) is 13.7. The molecule has 2 N–H and O–H groups in total. The Bertz CT molecular complexity index is 1500. The van der Waals surface area contributed by atoms with Crippen LogP contribution in [0.15, 0.2) is 42.9 Å². The van der Waals surface area contributed by atoms with Gasteiger partial charge in [0.2, 0.25) is 5.95 Å². The lowest BCUT2D eigenvalue weighted by Gasteiger charge is -2.29. The Morgan fingerprint density at radius 1 is 1.08 bits per heavy atom. The fraction of sp³-hybridized carbons (Fsp3) is 0.448. The Labute approximate surface area is 226 Å². The predicted octanol–water partition coefficient (Wildman–Crippen LogP) is 4.51. The number of hydrogen-bond acceptors (Lipinski definition) is 6. The number of rotatable bonds is 5. The van der Waals surface area contributed by atoms with Crippen LogP contribution in [-0.4, -0.2) is 66.5 Å². The molecule has 1 aliphatic heterocycles. The van der Waals surface area contributed by atoms with Gasteiger partial charge in [-0.15, -0.1) is 0 Å². The number of nitrogens with one attached hydrogen (secondary N) is 1. The topological polar surface area (TPSA) is 101 Å². The van der Waals surface area contributed by atoms with Gasteiger partial charge in [0, 0.05) is 31.0 Å². The van der Waals surface area contributed by atoms with Crippen molar-refractivity contribution in [2.45, 2.75) is 56.6 Å². The highest BCUT2D eigenvalue weighted by molar-refractivity contribution is 6.05. The van der Waals surface area contributed by atoms with E-state index < -0.39 is 11.7 Å². The molecule has 0 unspecified atom stereocenters. The van der Waals surface area contributed by atoms with Gasteiger partial charge < -0.3 is 14.6 Å². The third kappa shape index (κ3) is 5.06. The molecule has 1 saturated carbocycles. The Hall–Kier alpha value is -3.63. The van der Waals surface area contributed by atoms with E-state index >= 15 is 4.39 Å². The monoisotopic (exact) mass is 531 g/mol. The number of nitrogens with zero attached hydrogens (tertiary/aromatic N) is 6. The van der Waals surface area contributed by atoms with E-state index in [2.05, 4.69) is 50.1 Å². The van der Waals surface area contributed by atoms with Crippen LogP contribution in [0, 0.1) is 5.82 Å². The second-order valence-electron chi connectivity index (χ2n) is 11.0. The van der Waals surface area contributed by atoms with E-state index in [0.717, 1.165) is 49.8 Å². The normalized spacial score (nSPS) is 20.9. The van der Waals surface area contributed by atoms with Gasteiger partial charge in [-0.3, -0.25) is 19.8 Å². The van der Waals surface area contributed by atoms with Crippen LogP contribution in [0.2, 0.25) is 0 Å². The molecule has 2 aliphatic rings. The molecule has 1 aromatic carbocycles. The highest BCUT2D eigenvalue weighted by Crippen LogP contribution is 2.37. The zero-order valence-electron chi connectivity index (χ0n) is 22.3. The number of pyridine rings is 1. The van der Waals surface area contributed by atoms with Gasteiger partial charge in [0.1, 0.15) is 5.69 Å². The maximum Gasteiger partial charge on any atom is 0.261 e. The molecule has 10 heteroatoms. The molecule has 4 heterocycles. The van der Waals surface area contributed by atoms with Crippen LogP contribution in [0.1, 0.15) is 66.4 Å². The molecule has 9 nitrogen and oxygen atoms in total. The molecule has 1 aliphatic carbocycles. The van der Waals surface area contributed by atoms with Crippen molar-refractivity contribution in [3.63, 3.8) is 0 Å². The summed E-state index contributed by atoms with van der Waals surface area (Å²) < 4.78 is 19.1. The van der Waals surface area contributed by atoms with Gasteiger partial charge in [-0.25, -0.2) is 9.37 Å². The minimum absolute atomic E-state index is 0.0771. The molecule has 2 fully saturated rings. The van der Waals surface area contributed by atoms with E-state index in [1.165, 1.54) is 24.0 Å². The number of aryl methyl sites for hydroxylation is 1. The van der Waals surface area contributed by atoms with E-state index in [9.17, 15) is 9.90 Å². The van der Waals surface area contributed by atoms with Gasteiger partial charge in [0.15, 0.2) is 5.82 Å². The zero-order valence-corrected chi connectivity index (χ0v) is 22.3. The lowest BCUT2D eigenvalue weighted by Crippen LogP contribution is -2.29. The fourth-order valence-corrected chi connectivity index (χ4v) is 6.02. The number of likely N-dealkylation sites (tertiary alicyclic amines) is 1. The number of aliphatic hydroxyl groups excluding tert-OH is 1. The van der Waals surface area contributed by atoms with E-state index in [-0.39, 0.29) is 23.4 Å². The maximum atomic E-state index is 15.5. The number of piperidine rings is 1. The molecular weight excluding hydrogens is 497 g/mol. The quantitative estimate of drug-likeness (QED) is 0.393. The first-order valence-corrected chi connectivity index (χ1v) is 13.7. The zero-order chi connectivity index (χ0) is 27.1. The SMILES string of the molecule is CN1CCC(c2ccc3c(c2)nc(NC(=O)c2ccnc(-c4cnn(C)c4)c2F)n3C2CCC(O)CC2)CC1. The minimum Gasteiger partial charge on any atom is -0.393 e. The predicted molar refractivity (Wildman–Crippen MR) is 147 cm³/mol. The highest BCUT2D eigenvalue weighted by Gasteiger charge is 2.28. The number of fused-ring (bicyclic) bond motifs is 1. The number of hydrogen-bond donors (Lipinski definition) is 2. The second kappa shape index (κ2) is 10.5. The molecular formula is C29H34FN7O2. The van der Waals surface area contributed by atoms with E-state index in [1.54, 1.807) is 17.9 Å². The van der Waals surface area contributed by atoms with Crippen LogP contribution >= 0.6 is 0 Å². The summed E-state index contributed by atoms with van der Waals surface area (Å²) in [6.45, 7) is 2.14. The third-order valence-electron chi connectivity index (χ3n) is 8.27. The van der Waals surface area contributed by atoms with Crippen molar-refractivity contribution < 1.29 is 14.3 Å². The number of carbonyl (C=O) groups excluding carboxylic acids is 1. The van der Waals surface area contributed by atoms with E-state index in [1.807, 2.05) is 0 Å². The number of carbonyl (C=O) groups is 1. The van der Waals surface area contributed by atoms with Gasteiger partial charge in [-0.2, -0.15) is 5.10 Å². The summed E-state index contributed by atoms with van der Waals surface area (Å²) in [6.07, 6.45) is 9.46. The Kier molecular flexibility index (Phi) is 6.90. The molecule has 1 saturated heterocycles. The molecule has 204 valence electrons. The molecule has 39 heavy (non-hydrogen) atoms. The average molecular weight is 532 g/mol. The van der Waals surface area contributed by atoms with E-state index in [4.69, 9.17) is 4.98 Å². The summed E-state index contributed by atoms with van der Waals surface area (Å²) >= 11 is 0. The van der Waals surface area contributed by atoms with Crippen LogP contribution < -0.4 is 5.32 Å². The highest BCUT2D eigenvalue weighted by atomic mass is 19.1. The first kappa shape index (κ1) is 25.6. The molecule has 6 rings (SSSR count). The number of halogens is 1. The molecule has 3 aromatic heterocycles. The number of imidazole rings is 1. The van der Waals surface area contributed by atoms with Crippen LogP contribution in [0.3, 0.4) is 0 Å². The number of benzene rings is 1. The Balaban J connectivity index is 1.35. The van der Waals surface area contributed by atoms with Crippen molar-refractivity contribution >= 4 is 22.9 Å². The Morgan fingerprint density at radius 3 is 2.56 bits per heavy atom. The first-order chi connectivity index (χ1) is 18.9. The molecule has 0 radical (unpaired) electrons. The van der Waals surface area contributed by atoms with Crippen LogP contribution in [0.4, 0.5) is 10.3 Å². The van der Waals surface area contributed by atoms with Crippen molar-refractivity contribution in [3.05, 3.63) is 59.8 Å². The van der Waals surface area contributed by atoms with Gasteiger partial charge in [0.05, 0.1) is 28.9 Å². The van der Waals surface area contributed by atoms with Crippen LogP contribution in [0.5, 0.6) is 0 Å². The standard InChI is InChI=1S/C29H34FN7O2/c1-35-13-10-18(11-14-35)19-3-8-25-24(15-19)33-29(37(25)21-4-6-22(38)7-5-21)34-28(39)23-9-12-31-27(26(23)30)20-16-32-36(2)17-20/h3,8-9,12,15-18,21-22,38H,4-7,10-11,13-14H2,1-2H3,(H,33,34,39). The van der Waals surface area contributed by atoms with Crippen LogP contribution in [-0.2, 0) is 7.05 Å². The smallest absolute Gasteiger partial charge is 0.261 e. The molecule has 0 spiro atoms. The minimum atomic E-state index is -0.698. The largest absolute Gasteiger partial charge is 0.393 e. The summed E-state index contributed by atoms with van der Waals surface area (Å²) in [4.78, 5) is 24.8. The molecule has 4 aromatic rings. The van der Waals surface area contributed by atoms with Crippen molar-refractivity contribution in [1.29, 1.82) is 0 Å². The lowest BCUT2D eigenvalue weighted by atomic mass is 9.89. The van der Waals surface area contributed by atoms with Crippen LogP contribution in [0.25, 0.3) is 22.3 Å². The summed E-state index contributed by atoms with van der Waals surface area (Å²) in [7, 11) is 3.90. The molecule has 0 atom stereocenters. The average Bonchev–Trinajstić information content (AvgIpc) is 3.52. The van der Waals surface area contributed by atoms with Crippen molar-refractivity contribution in [2.24, 2.45) is 7.05 Å². The summed E-state index contributed by atoms with van der Waals surface area (Å²) in [6, 6.07) is 7.89. The van der Waals surface area contributed by atoms with Crippen molar-refractivity contribution in [3.8, 4) is 11.3 Å². The number of amides is 1. The summed E-state index contributed by atoms with van der Waals surface area (Å²) in [5, 5.41) is 17.1. The number of anilines is 1. The lowest BCUT2D eigenvalue weighted by molar-refractivity contribution is 0.101. The van der Waals surface area contributed by atoms with Crippen molar-refractivity contribution in [1.82, 2.24) is 29.2 Å². The van der Waals surface area contributed by atoms with Gasteiger partial charge in [-0.05, 0) is 88.3 Å². The number of aliphatic hydroxyl groups is 1. The van der Waals surface area contributed by atoms with Gasteiger partial charge >= 0.3 is 0 Å². The molecule has 1 amide bonds. The third-order valence-corrected chi connectivity index (χ3v) is 8.27. The summed E-state index contributed by atoms with van der Waals surface area (Å²) in [5.74, 6) is -0.398. The number of aromatic nitrogens is 5. The van der Waals surface area contributed by atoms with E-state index in [0.29, 0.717) is 30.3 Å². The summed E-state index contributed by atoms with van der Waals surface area (Å²) in [5.41, 5.74) is 3.49. The van der Waals surface area contributed by atoms with Gasteiger partial charge in [0.25, 0.3) is 5.91 Å². The fourth-order valence-electron chi connectivity index (χ4n) is 6.02.